The van der Waals surface area contributed by atoms with Gasteiger partial charge in [0.2, 0.25) is 10.0 Å². The zero-order valence-electron chi connectivity index (χ0n) is 9.26. The van der Waals surface area contributed by atoms with Crippen molar-refractivity contribution >= 4 is 10.0 Å². The van der Waals surface area contributed by atoms with E-state index in [2.05, 4.69) is 0 Å². The first kappa shape index (κ1) is 11.4. The van der Waals surface area contributed by atoms with Gasteiger partial charge in [0.15, 0.2) is 0 Å². The summed E-state index contributed by atoms with van der Waals surface area (Å²) in [4.78, 5) is 0.383. The van der Waals surface area contributed by atoms with Crippen LogP contribution in [0.15, 0.2) is 41.3 Å². The fourth-order valence-corrected chi connectivity index (χ4v) is 3.10. The Kier molecular flexibility index (Phi) is 3.12. The molecule has 0 N–H and O–H groups in total. The lowest BCUT2D eigenvalue weighted by Gasteiger charge is -2.22. The third-order valence-corrected chi connectivity index (χ3v) is 4.56. The lowest BCUT2D eigenvalue weighted by molar-refractivity contribution is 0.437. The molecule has 2 rings (SSSR count). The summed E-state index contributed by atoms with van der Waals surface area (Å²) in [6.07, 6.45) is 4.71. The zero-order valence-corrected chi connectivity index (χ0v) is 10.1. The van der Waals surface area contributed by atoms with E-state index in [9.17, 15) is 8.42 Å². The van der Waals surface area contributed by atoms with Gasteiger partial charge in [0, 0.05) is 13.1 Å². The Bertz CT molecular complexity index is 488. The third-order valence-electron chi connectivity index (χ3n) is 2.68. The van der Waals surface area contributed by atoms with Crippen LogP contribution in [0.2, 0.25) is 0 Å². The molecule has 0 amide bonds. The Morgan fingerprint density at radius 3 is 2.38 bits per heavy atom. The first-order chi connectivity index (χ1) is 7.60. The average Bonchev–Trinajstić information content (AvgIpc) is 2.31. The van der Waals surface area contributed by atoms with E-state index in [1.54, 1.807) is 12.1 Å². The highest BCUT2D eigenvalue weighted by atomic mass is 32.2. The Balaban J connectivity index is 2.31. The van der Waals surface area contributed by atoms with E-state index in [1.165, 1.54) is 4.31 Å². The molecule has 16 heavy (non-hydrogen) atoms. The second kappa shape index (κ2) is 4.39. The second-order valence-corrected chi connectivity index (χ2v) is 5.87. The van der Waals surface area contributed by atoms with Gasteiger partial charge in [0.25, 0.3) is 0 Å². The van der Waals surface area contributed by atoms with Gasteiger partial charge in [-0.25, -0.2) is 8.42 Å². The highest BCUT2D eigenvalue weighted by molar-refractivity contribution is 7.89. The Labute approximate surface area is 96.4 Å². The van der Waals surface area contributed by atoms with Crippen molar-refractivity contribution in [2.75, 3.05) is 13.1 Å². The van der Waals surface area contributed by atoms with Gasteiger partial charge in [-0.1, -0.05) is 29.8 Å². The van der Waals surface area contributed by atoms with E-state index < -0.39 is 10.0 Å². The van der Waals surface area contributed by atoms with Gasteiger partial charge < -0.3 is 0 Å². The number of hydrogen-bond acceptors (Lipinski definition) is 2. The average molecular weight is 237 g/mol. The third kappa shape index (κ3) is 2.18. The lowest BCUT2D eigenvalue weighted by atomic mass is 10.2. The maximum Gasteiger partial charge on any atom is 0.243 e. The summed E-state index contributed by atoms with van der Waals surface area (Å²) in [5, 5.41) is 0. The number of benzene rings is 1. The van der Waals surface area contributed by atoms with Crippen molar-refractivity contribution in [3.63, 3.8) is 0 Å². The molecule has 0 fully saturated rings. The van der Waals surface area contributed by atoms with E-state index >= 15 is 0 Å². The first-order valence-corrected chi connectivity index (χ1v) is 6.76. The molecule has 0 unspecified atom stereocenters. The van der Waals surface area contributed by atoms with Gasteiger partial charge in [-0.05, 0) is 25.5 Å². The largest absolute Gasteiger partial charge is 0.243 e. The molecule has 0 spiro atoms. The zero-order chi connectivity index (χ0) is 11.6. The summed E-state index contributed by atoms with van der Waals surface area (Å²) >= 11 is 0. The Morgan fingerprint density at radius 2 is 1.81 bits per heavy atom. The van der Waals surface area contributed by atoms with Crippen molar-refractivity contribution in [3.05, 3.63) is 42.0 Å². The van der Waals surface area contributed by atoms with Crippen LogP contribution in [0.5, 0.6) is 0 Å². The number of hydrogen-bond donors (Lipinski definition) is 0. The molecule has 0 aliphatic carbocycles. The van der Waals surface area contributed by atoms with Crippen molar-refractivity contribution in [2.24, 2.45) is 0 Å². The van der Waals surface area contributed by atoms with E-state index in [-0.39, 0.29) is 0 Å². The normalized spacial score (nSPS) is 17.6. The number of nitrogens with zero attached hydrogens (tertiary/aromatic N) is 1. The van der Waals surface area contributed by atoms with Crippen molar-refractivity contribution in [1.29, 1.82) is 0 Å². The molecule has 0 aromatic heterocycles. The smallest absolute Gasteiger partial charge is 0.207 e. The van der Waals surface area contributed by atoms with E-state index in [0.29, 0.717) is 18.0 Å². The van der Waals surface area contributed by atoms with Crippen molar-refractivity contribution in [3.8, 4) is 0 Å². The summed E-state index contributed by atoms with van der Waals surface area (Å²) in [6, 6.07) is 6.99. The quantitative estimate of drug-likeness (QED) is 0.737. The molecule has 0 atom stereocenters. The van der Waals surface area contributed by atoms with Gasteiger partial charge in [-0.2, -0.15) is 4.31 Å². The summed E-state index contributed by atoms with van der Waals surface area (Å²) in [6.45, 7) is 3.00. The predicted octanol–water partition coefficient (Wildman–Crippen LogP) is 1.95. The molecule has 1 aliphatic heterocycles. The molecule has 1 aromatic rings. The van der Waals surface area contributed by atoms with Crippen LogP contribution in [0.3, 0.4) is 0 Å². The maximum atomic E-state index is 12.2. The fraction of sp³-hybridized carbons (Fsp3) is 0.333. The minimum absolute atomic E-state index is 0.383. The summed E-state index contributed by atoms with van der Waals surface area (Å²) < 4.78 is 25.9. The molecule has 1 aromatic carbocycles. The molecule has 0 saturated heterocycles. The molecule has 0 bridgehead atoms. The monoisotopic (exact) mass is 237 g/mol. The SMILES string of the molecule is Cc1ccc(S(=O)(=O)N2CC=CCC2)cc1. The van der Waals surface area contributed by atoms with Gasteiger partial charge in [-0.3, -0.25) is 0 Å². The molecule has 0 radical (unpaired) electrons. The second-order valence-electron chi connectivity index (χ2n) is 3.94. The molecule has 3 nitrogen and oxygen atoms in total. The Hall–Kier alpha value is -1.13. The van der Waals surface area contributed by atoms with Crippen LogP contribution in [-0.2, 0) is 10.0 Å². The van der Waals surface area contributed by atoms with Crippen LogP contribution < -0.4 is 0 Å². The van der Waals surface area contributed by atoms with Gasteiger partial charge >= 0.3 is 0 Å². The molecule has 86 valence electrons. The van der Waals surface area contributed by atoms with Crippen LogP contribution in [0.1, 0.15) is 12.0 Å². The topological polar surface area (TPSA) is 37.4 Å². The molecule has 1 heterocycles. The highest BCUT2D eigenvalue weighted by Gasteiger charge is 2.23. The van der Waals surface area contributed by atoms with Crippen molar-refractivity contribution in [2.45, 2.75) is 18.2 Å². The van der Waals surface area contributed by atoms with E-state index in [1.807, 2.05) is 31.2 Å². The molecule has 4 heteroatoms. The van der Waals surface area contributed by atoms with Crippen LogP contribution in [0, 0.1) is 6.92 Å². The van der Waals surface area contributed by atoms with Crippen molar-refractivity contribution < 1.29 is 8.42 Å². The summed E-state index contributed by atoms with van der Waals surface area (Å²) in [5.74, 6) is 0. The van der Waals surface area contributed by atoms with Crippen LogP contribution in [-0.4, -0.2) is 25.8 Å². The first-order valence-electron chi connectivity index (χ1n) is 5.32. The van der Waals surface area contributed by atoms with Gasteiger partial charge in [0.1, 0.15) is 0 Å². The molecule has 0 saturated carbocycles. The lowest BCUT2D eigenvalue weighted by Crippen LogP contribution is -2.33. The number of aryl methyl sites for hydroxylation is 1. The van der Waals surface area contributed by atoms with Crippen LogP contribution in [0.4, 0.5) is 0 Å². The van der Waals surface area contributed by atoms with Crippen molar-refractivity contribution in [1.82, 2.24) is 4.31 Å². The molecular formula is C12H15NO2S. The Morgan fingerprint density at radius 1 is 1.12 bits per heavy atom. The minimum atomic E-state index is -3.30. The standard InChI is InChI=1S/C12H15NO2S/c1-11-5-7-12(8-6-11)16(14,15)13-9-3-2-4-10-13/h2-3,5-8H,4,9-10H2,1H3. The summed E-state index contributed by atoms with van der Waals surface area (Å²) in [7, 11) is -3.30. The summed E-state index contributed by atoms with van der Waals surface area (Å²) in [5.41, 5.74) is 1.07. The minimum Gasteiger partial charge on any atom is -0.207 e. The van der Waals surface area contributed by atoms with Gasteiger partial charge in [0.05, 0.1) is 4.90 Å². The van der Waals surface area contributed by atoms with E-state index in [0.717, 1.165) is 12.0 Å². The maximum absolute atomic E-state index is 12.2. The van der Waals surface area contributed by atoms with Gasteiger partial charge in [-0.15, -0.1) is 0 Å². The number of rotatable bonds is 2. The molecular weight excluding hydrogens is 222 g/mol. The predicted molar refractivity (Wildman–Crippen MR) is 63.7 cm³/mol. The number of sulfonamides is 1. The fourth-order valence-electron chi connectivity index (χ4n) is 1.70. The highest BCUT2D eigenvalue weighted by Crippen LogP contribution is 2.18. The van der Waals surface area contributed by atoms with Crippen LogP contribution >= 0.6 is 0 Å². The van der Waals surface area contributed by atoms with Crippen LogP contribution in [0.25, 0.3) is 0 Å². The van der Waals surface area contributed by atoms with E-state index in [4.69, 9.17) is 0 Å². The molecule has 1 aliphatic rings.